The Labute approximate surface area is 184 Å². The van der Waals surface area contributed by atoms with Gasteiger partial charge in [-0.3, -0.25) is 9.69 Å². The molecule has 0 radical (unpaired) electrons. The Morgan fingerprint density at radius 2 is 1.71 bits per heavy atom. The quantitative estimate of drug-likeness (QED) is 0.285. The highest BCUT2D eigenvalue weighted by Gasteiger charge is 2.17. The highest BCUT2D eigenvalue weighted by Crippen LogP contribution is 2.26. The number of carbonyl (C=O) groups excluding carboxylic acids is 2. The predicted molar refractivity (Wildman–Crippen MR) is 124 cm³/mol. The van der Waals surface area contributed by atoms with Crippen LogP contribution in [-0.2, 0) is 14.3 Å². The number of esters is 2. The van der Waals surface area contributed by atoms with Gasteiger partial charge in [-0.05, 0) is 38.1 Å². The number of nitrogens with zero attached hydrogens (tertiary/aromatic N) is 1. The molecule has 0 aliphatic heterocycles. The third kappa shape index (κ3) is 5.37. The molecule has 0 fully saturated rings. The zero-order chi connectivity index (χ0) is 22.4. The molecule has 3 aromatic rings. The second-order valence-electron chi connectivity index (χ2n) is 7.24. The van der Waals surface area contributed by atoms with Crippen LogP contribution in [-0.4, -0.2) is 49.2 Å². The van der Waals surface area contributed by atoms with Crippen LogP contribution in [0.2, 0.25) is 0 Å². The first-order chi connectivity index (χ1) is 14.9. The molecule has 0 aliphatic rings. The molecule has 0 atom stereocenters. The summed E-state index contributed by atoms with van der Waals surface area (Å²) in [6.07, 6.45) is 1.13. The van der Waals surface area contributed by atoms with Gasteiger partial charge in [-0.25, -0.2) is 9.59 Å². The lowest BCUT2D eigenvalue weighted by Gasteiger charge is -2.25. The fourth-order valence-electron chi connectivity index (χ4n) is 3.30. The van der Waals surface area contributed by atoms with Gasteiger partial charge in [0.15, 0.2) is 5.43 Å². The normalized spacial score (nSPS) is 11.2. The Kier molecular flexibility index (Phi) is 7.55. The van der Waals surface area contributed by atoms with Crippen molar-refractivity contribution in [3.8, 4) is 0 Å². The second-order valence-corrected chi connectivity index (χ2v) is 8.33. The van der Waals surface area contributed by atoms with E-state index in [-0.39, 0.29) is 30.2 Å². The van der Waals surface area contributed by atoms with Crippen molar-refractivity contribution in [3.63, 3.8) is 0 Å². The molecule has 2 aromatic carbocycles. The fourth-order valence-corrected chi connectivity index (χ4v) is 4.41. The summed E-state index contributed by atoms with van der Waals surface area (Å²) in [4.78, 5) is 39.0. The van der Waals surface area contributed by atoms with Gasteiger partial charge in [-0.2, -0.15) is 0 Å². The van der Waals surface area contributed by atoms with E-state index in [0.29, 0.717) is 23.9 Å². The number of ether oxygens (including phenoxy) is 2. The van der Waals surface area contributed by atoms with Crippen molar-refractivity contribution in [1.82, 2.24) is 4.90 Å². The lowest BCUT2D eigenvalue weighted by molar-refractivity contribution is -0.138. The summed E-state index contributed by atoms with van der Waals surface area (Å²) in [5.74, 6) is -0.986. The molecule has 1 heterocycles. The van der Waals surface area contributed by atoms with Crippen molar-refractivity contribution in [1.29, 1.82) is 0 Å². The van der Waals surface area contributed by atoms with Crippen LogP contribution in [0.25, 0.3) is 20.2 Å². The van der Waals surface area contributed by atoms with Crippen molar-refractivity contribution in [2.75, 3.05) is 26.3 Å². The lowest BCUT2D eigenvalue weighted by atomic mass is 10.1. The molecule has 7 heteroatoms. The van der Waals surface area contributed by atoms with Crippen molar-refractivity contribution in [2.24, 2.45) is 0 Å². The van der Waals surface area contributed by atoms with Crippen LogP contribution >= 0.6 is 11.3 Å². The zero-order valence-corrected chi connectivity index (χ0v) is 18.4. The van der Waals surface area contributed by atoms with Crippen molar-refractivity contribution >= 4 is 43.4 Å². The summed E-state index contributed by atoms with van der Waals surface area (Å²) in [5.41, 5.74) is 0.116. The molecule has 0 N–H and O–H groups in total. The standard InChI is InChI=1S/C24H25NO5S/c1-4-21(26)29-14-12-25(16(2)3)13-15-30-24(28)18-9-7-11-20-22(18)23(27)17-8-5-6-10-19(17)31-20/h4-11,16H,1,12-15H2,2-3H3. The number of hydrogen-bond donors (Lipinski definition) is 0. The summed E-state index contributed by atoms with van der Waals surface area (Å²) in [6, 6.07) is 12.8. The van der Waals surface area contributed by atoms with Crippen molar-refractivity contribution < 1.29 is 19.1 Å². The van der Waals surface area contributed by atoms with Crippen LogP contribution in [0, 0.1) is 0 Å². The van der Waals surface area contributed by atoms with Gasteiger partial charge in [0, 0.05) is 40.0 Å². The zero-order valence-electron chi connectivity index (χ0n) is 17.6. The van der Waals surface area contributed by atoms with Gasteiger partial charge < -0.3 is 9.47 Å². The van der Waals surface area contributed by atoms with Crippen LogP contribution in [0.1, 0.15) is 24.2 Å². The minimum absolute atomic E-state index is 0.161. The average molecular weight is 440 g/mol. The maximum Gasteiger partial charge on any atom is 0.338 e. The maximum absolute atomic E-state index is 13.0. The minimum atomic E-state index is -0.521. The number of benzene rings is 2. The largest absolute Gasteiger partial charge is 0.461 e. The topological polar surface area (TPSA) is 72.9 Å². The van der Waals surface area contributed by atoms with Gasteiger partial charge in [0.2, 0.25) is 0 Å². The van der Waals surface area contributed by atoms with E-state index in [1.54, 1.807) is 18.2 Å². The first-order valence-electron chi connectivity index (χ1n) is 10.1. The molecule has 0 spiro atoms. The van der Waals surface area contributed by atoms with Crippen molar-refractivity contribution in [2.45, 2.75) is 19.9 Å². The van der Waals surface area contributed by atoms with E-state index in [1.807, 2.05) is 43.0 Å². The molecule has 0 bridgehead atoms. The third-order valence-corrected chi connectivity index (χ3v) is 6.09. The lowest BCUT2D eigenvalue weighted by Crippen LogP contribution is -2.37. The van der Waals surface area contributed by atoms with E-state index in [9.17, 15) is 14.4 Å². The van der Waals surface area contributed by atoms with Gasteiger partial charge in [0.25, 0.3) is 0 Å². The first kappa shape index (κ1) is 22.7. The van der Waals surface area contributed by atoms with Crippen LogP contribution in [0.5, 0.6) is 0 Å². The summed E-state index contributed by atoms with van der Waals surface area (Å²) in [7, 11) is 0. The molecule has 6 nitrogen and oxygen atoms in total. The van der Waals surface area contributed by atoms with E-state index in [4.69, 9.17) is 9.47 Å². The third-order valence-electron chi connectivity index (χ3n) is 4.96. The molecule has 31 heavy (non-hydrogen) atoms. The van der Waals surface area contributed by atoms with E-state index in [1.165, 1.54) is 11.3 Å². The fraction of sp³-hybridized carbons (Fsp3) is 0.292. The molecule has 0 saturated heterocycles. The highest BCUT2D eigenvalue weighted by molar-refractivity contribution is 7.24. The number of rotatable bonds is 9. The molecule has 0 unspecified atom stereocenters. The number of carbonyl (C=O) groups is 2. The molecule has 0 saturated carbocycles. The van der Waals surface area contributed by atoms with Gasteiger partial charge in [-0.1, -0.05) is 24.8 Å². The summed E-state index contributed by atoms with van der Waals surface area (Å²) in [6.45, 7) is 8.78. The summed E-state index contributed by atoms with van der Waals surface area (Å²) >= 11 is 1.48. The Bertz CT molecular complexity index is 1170. The molecule has 3 rings (SSSR count). The van der Waals surface area contributed by atoms with Gasteiger partial charge in [0.05, 0.1) is 10.9 Å². The van der Waals surface area contributed by atoms with Crippen LogP contribution in [0.15, 0.2) is 59.9 Å². The van der Waals surface area contributed by atoms with Gasteiger partial charge >= 0.3 is 11.9 Å². The number of fused-ring (bicyclic) bond motifs is 2. The SMILES string of the molecule is C=CC(=O)OCCN(CCOC(=O)c1cccc2sc3ccccc3c(=O)c12)C(C)C. The smallest absolute Gasteiger partial charge is 0.338 e. The monoisotopic (exact) mass is 439 g/mol. The van der Waals surface area contributed by atoms with Gasteiger partial charge in [0.1, 0.15) is 13.2 Å². The Morgan fingerprint density at radius 3 is 2.42 bits per heavy atom. The molecular formula is C24H25NO5S. The van der Waals surface area contributed by atoms with Crippen molar-refractivity contribution in [3.05, 3.63) is 70.9 Å². The molecule has 0 amide bonds. The van der Waals surface area contributed by atoms with Crippen LogP contribution in [0.3, 0.4) is 0 Å². The van der Waals surface area contributed by atoms with E-state index < -0.39 is 11.9 Å². The van der Waals surface area contributed by atoms with Crippen LogP contribution < -0.4 is 5.43 Å². The maximum atomic E-state index is 13.0. The molecule has 0 aliphatic carbocycles. The molecular weight excluding hydrogens is 414 g/mol. The Hall–Kier alpha value is -3.03. The average Bonchev–Trinajstić information content (AvgIpc) is 2.77. The summed E-state index contributed by atoms with van der Waals surface area (Å²) in [5, 5.41) is 0.994. The minimum Gasteiger partial charge on any atom is -0.461 e. The summed E-state index contributed by atoms with van der Waals surface area (Å²) < 4.78 is 12.2. The predicted octanol–water partition coefficient (Wildman–Crippen LogP) is 4.01. The molecule has 1 aromatic heterocycles. The number of hydrogen-bond acceptors (Lipinski definition) is 7. The Balaban J connectivity index is 1.71. The van der Waals surface area contributed by atoms with E-state index >= 15 is 0 Å². The van der Waals surface area contributed by atoms with E-state index in [2.05, 4.69) is 6.58 Å². The Morgan fingerprint density at radius 1 is 1.03 bits per heavy atom. The van der Waals surface area contributed by atoms with E-state index in [0.717, 1.165) is 15.5 Å². The van der Waals surface area contributed by atoms with Gasteiger partial charge in [-0.15, -0.1) is 11.3 Å². The second kappa shape index (κ2) is 10.3. The van der Waals surface area contributed by atoms with Crippen LogP contribution in [0.4, 0.5) is 0 Å². The first-order valence-corrected chi connectivity index (χ1v) is 10.9. The molecule has 162 valence electrons. The highest BCUT2D eigenvalue weighted by atomic mass is 32.1.